The van der Waals surface area contributed by atoms with Gasteiger partial charge in [-0.2, -0.15) is 7.11 Å². The number of esters is 3. The Kier molecular flexibility index (Phi) is 18.9. The molecule has 0 aromatic heterocycles. The molecular weight excluding hydrogens is 1070 g/mol. The maximum atomic E-state index is 13.0. The number of carbonyl (C=O) groups excluding carboxylic acids is 3. The third kappa shape index (κ3) is 10.7. The van der Waals surface area contributed by atoms with Crippen LogP contribution < -0.4 is 34.7 Å². The molecule has 0 bridgehead atoms. The minimum Gasteiger partial charge on any atom is -0.857 e. The fourth-order valence-corrected chi connectivity index (χ4v) is 20.3. The summed E-state index contributed by atoms with van der Waals surface area (Å²) < 4.78 is 41.2. The predicted molar refractivity (Wildman–Crippen MR) is 299 cm³/mol. The SMILES string of the molecule is C[C@H]1[C@H](OC(=O)c2ccccc2)C(OC2CC[C@]3(C)C4CC[C@]5(C)[C@@H](C6=CCOC6=O)CC[C@]5(O)C4CC[C@@H]3C2)OC[C@@H]1C.C[C@]12CCC(OC3OC[C@H](O)[C@@H](O)[C@@H]3O)C[C@H]1CCC1C2CC[C@]2(C)[C@@H](C3=CCOC3=O)CC[C@]12O.C[O-].[Na+]. The van der Waals surface area contributed by atoms with Crippen LogP contribution in [0.5, 0.6) is 0 Å². The number of rotatable bonds is 8. The Morgan fingerprint density at radius 2 is 1.07 bits per heavy atom. The van der Waals surface area contributed by atoms with Crippen molar-refractivity contribution in [3.63, 3.8) is 0 Å². The fraction of sp³-hybridized carbons (Fsp3) is 0.803. The Bertz CT molecular complexity index is 2560. The third-order valence-corrected chi connectivity index (χ3v) is 25.4. The molecule has 0 radical (unpaired) electrons. The molecule has 4 heterocycles. The van der Waals surface area contributed by atoms with Gasteiger partial charge in [0.2, 0.25) is 0 Å². The van der Waals surface area contributed by atoms with Crippen LogP contribution in [0, 0.1) is 80.8 Å². The summed E-state index contributed by atoms with van der Waals surface area (Å²) >= 11 is 0. The third-order valence-electron chi connectivity index (χ3n) is 25.4. The van der Waals surface area contributed by atoms with E-state index >= 15 is 0 Å². The first kappa shape index (κ1) is 63.7. The van der Waals surface area contributed by atoms with Crippen molar-refractivity contribution in [3.8, 4) is 0 Å². The Morgan fingerprint density at radius 1 is 0.590 bits per heavy atom. The fourth-order valence-electron chi connectivity index (χ4n) is 20.3. The molecule has 17 heteroatoms. The molecule has 1 aromatic carbocycles. The Balaban J connectivity index is 0.000000181. The van der Waals surface area contributed by atoms with E-state index in [1.807, 2.05) is 30.4 Å². The van der Waals surface area contributed by atoms with Crippen molar-refractivity contribution in [3.05, 3.63) is 59.2 Å². The zero-order valence-corrected chi connectivity index (χ0v) is 52.7. The Morgan fingerprint density at radius 3 is 1.55 bits per heavy atom. The Labute approximate surface area is 513 Å². The van der Waals surface area contributed by atoms with Gasteiger partial charge < -0.3 is 63.8 Å². The molecule has 0 spiro atoms. The summed E-state index contributed by atoms with van der Waals surface area (Å²) in [4.78, 5) is 38.0. The van der Waals surface area contributed by atoms with Crippen LogP contribution in [0.4, 0.5) is 0 Å². The Hall–Kier alpha value is -2.29. The monoisotopic (exact) mass is 1170 g/mol. The van der Waals surface area contributed by atoms with Crippen LogP contribution in [0.15, 0.2) is 53.6 Å². The molecule has 5 N–H and O–H groups in total. The van der Waals surface area contributed by atoms with Gasteiger partial charge in [-0.1, -0.05) is 59.7 Å². The van der Waals surface area contributed by atoms with Crippen molar-refractivity contribution >= 4 is 17.9 Å². The van der Waals surface area contributed by atoms with Crippen LogP contribution in [0.2, 0.25) is 0 Å². The number of fused-ring (bicyclic) bond motifs is 10. The van der Waals surface area contributed by atoms with Crippen molar-refractivity contribution in [2.24, 2.45) is 80.8 Å². The molecular formula is C66H95NaO16. The summed E-state index contributed by atoms with van der Waals surface area (Å²) in [6, 6.07) is 9.15. The predicted octanol–water partition coefficient (Wildman–Crippen LogP) is 4.53. The molecule has 1 aromatic rings. The van der Waals surface area contributed by atoms with E-state index in [-0.39, 0.29) is 123 Å². The van der Waals surface area contributed by atoms with Crippen molar-refractivity contribution in [1.29, 1.82) is 0 Å². The van der Waals surface area contributed by atoms with Gasteiger partial charge in [-0.3, -0.25) is 0 Å². The van der Waals surface area contributed by atoms with E-state index in [2.05, 4.69) is 41.5 Å². The van der Waals surface area contributed by atoms with Crippen molar-refractivity contribution in [2.75, 3.05) is 33.5 Å². The van der Waals surface area contributed by atoms with Gasteiger partial charge >= 0.3 is 47.5 Å². The van der Waals surface area contributed by atoms with Gasteiger partial charge in [-0.15, -0.1) is 0 Å². The van der Waals surface area contributed by atoms with Gasteiger partial charge in [0.15, 0.2) is 18.7 Å². The number of ether oxygens (including phenoxy) is 7. The molecule has 0 amide bonds. The van der Waals surface area contributed by atoms with E-state index in [4.69, 9.17) is 38.3 Å². The van der Waals surface area contributed by atoms with E-state index in [0.717, 1.165) is 134 Å². The zero-order valence-electron chi connectivity index (χ0n) is 50.7. The standard InChI is InChI=1S/C37H50O7.C28H42O8.CH3O.Na/c1-22-21-42-34(31(23(22)2)44-32(38)24-8-6-5-7-9-24)43-26-12-16-35(3)25(20-26)10-11-30-29(35)13-17-36(4)28(14-18-37(30,36)40)27-15-19-41-33(27)39;1-26-9-5-16(36-25-23(31)22(30)21(29)14-35-25)13-15(26)3-4-20-19(26)6-10-27(2)18(7-11-28(20,27)33)17-8-12-34-24(17)32;1-2;/h5-9,15,22-23,25-26,28-31,34,40H,10-14,16-21H2,1-4H3;8,15-16,18-23,25,29-31,33H,3-7,9-14H2,1-2H3;1H3;/q;;-1;+1/t22-,23+,25+,26?,28+,29?,30?,31-,34?,35-,36+,37-;15-,16?,18-,19?,20?,21+,22-,23+,25?,26+,27-,28+;;/m01../s1. The normalized spacial score (nSPS) is 48.6. The van der Waals surface area contributed by atoms with E-state index < -0.39 is 48.2 Å². The number of carbonyl (C=O) groups is 3. The van der Waals surface area contributed by atoms with Gasteiger partial charge in [-0.25, -0.2) is 14.4 Å². The number of cyclic esters (lactones) is 2. The number of benzene rings is 1. The number of aliphatic hydroxyl groups excluding tert-OH is 3. The van der Waals surface area contributed by atoms with Gasteiger partial charge in [0.25, 0.3) is 0 Å². The maximum absolute atomic E-state index is 13.0. The second-order valence-electron chi connectivity index (χ2n) is 28.5. The smallest absolute Gasteiger partial charge is 0.857 e. The second-order valence-corrected chi connectivity index (χ2v) is 28.5. The minimum atomic E-state index is -1.26. The van der Waals surface area contributed by atoms with Gasteiger partial charge in [-0.05, 0) is 204 Å². The quantitative estimate of drug-likeness (QED) is 0.104. The molecule has 24 atom stereocenters. The average Bonchev–Trinajstić information content (AvgIpc) is 2.43. The van der Waals surface area contributed by atoms with E-state index in [1.54, 1.807) is 12.1 Å². The topological polar surface area (TPSA) is 240 Å². The first-order valence-electron chi connectivity index (χ1n) is 31.6. The van der Waals surface area contributed by atoms with Crippen LogP contribution in [0.25, 0.3) is 0 Å². The molecule has 83 heavy (non-hydrogen) atoms. The first-order valence-corrected chi connectivity index (χ1v) is 31.6. The molecule has 8 aliphatic carbocycles. The number of hydrogen-bond donors (Lipinski definition) is 5. The molecule has 12 aliphatic rings. The van der Waals surface area contributed by atoms with E-state index in [9.17, 15) is 39.9 Å². The molecule has 13 rings (SSSR count). The summed E-state index contributed by atoms with van der Waals surface area (Å²) in [5, 5.41) is 63.2. The van der Waals surface area contributed by atoms with Crippen LogP contribution in [-0.4, -0.2) is 137 Å². The van der Waals surface area contributed by atoms with Gasteiger partial charge in [0, 0.05) is 27.9 Å². The van der Waals surface area contributed by atoms with Crippen LogP contribution in [-0.2, 0) is 42.7 Å². The van der Waals surface area contributed by atoms with Crippen molar-refractivity contribution in [2.45, 2.75) is 218 Å². The summed E-state index contributed by atoms with van der Waals surface area (Å²) in [5.74, 6) is 2.22. The zero-order chi connectivity index (χ0) is 58.3. The molecule has 8 unspecified atom stereocenters. The van der Waals surface area contributed by atoms with Crippen LogP contribution in [0.1, 0.15) is 167 Å². The molecule has 4 aliphatic heterocycles. The van der Waals surface area contributed by atoms with E-state index in [1.165, 1.54) is 0 Å². The second kappa shape index (κ2) is 24.6. The van der Waals surface area contributed by atoms with Gasteiger partial charge in [0.1, 0.15) is 31.5 Å². The van der Waals surface area contributed by atoms with Crippen molar-refractivity contribution < 1.29 is 108 Å². The number of hydrogen-bond acceptors (Lipinski definition) is 16. The van der Waals surface area contributed by atoms with Crippen LogP contribution >= 0.6 is 0 Å². The average molecular weight is 1170 g/mol. The summed E-state index contributed by atoms with van der Waals surface area (Å²) in [5.41, 5.74) is 0.309. The minimum absolute atomic E-state index is 0. The molecule has 456 valence electrons. The molecule has 16 nitrogen and oxygen atoms in total. The molecule has 2 saturated heterocycles. The van der Waals surface area contributed by atoms with Crippen LogP contribution in [0.3, 0.4) is 0 Å². The summed E-state index contributed by atoms with van der Waals surface area (Å²) in [7, 11) is 0.750. The van der Waals surface area contributed by atoms with Crippen molar-refractivity contribution in [1.82, 2.24) is 0 Å². The first-order chi connectivity index (χ1) is 39.1. The number of aliphatic hydroxyl groups is 5. The molecule has 10 fully saturated rings. The largest absolute Gasteiger partial charge is 1.00 e. The molecule has 8 saturated carbocycles. The van der Waals surface area contributed by atoms with E-state index in [0.29, 0.717) is 49.1 Å². The maximum Gasteiger partial charge on any atom is 1.00 e. The van der Waals surface area contributed by atoms with Gasteiger partial charge in [0.05, 0.1) is 42.2 Å². The summed E-state index contributed by atoms with van der Waals surface area (Å²) in [6.07, 6.45) is 15.4. The summed E-state index contributed by atoms with van der Waals surface area (Å²) in [6.45, 7) is 14.9.